The number of nitrogens with zero attached hydrogens (tertiary/aromatic N) is 1. The minimum absolute atomic E-state index is 0.173. The van der Waals surface area contributed by atoms with E-state index in [1.165, 1.54) is 0 Å². The van der Waals surface area contributed by atoms with E-state index in [0.29, 0.717) is 0 Å². The Morgan fingerprint density at radius 1 is 1.00 bits per heavy atom. The molecule has 1 amide bonds. The smallest absolute Gasteiger partial charge is 0.378 e. The van der Waals surface area contributed by atoms with Gasteiger partial charge in [0.25, 0.3) is 0 Å². The van der Waals surface area contributed by atoms with Crippen molar-refractivity contribution in [2.24, 2.45) is 0 Å². The molecule has 112 valence electrons. The maximum atomic E-state index is 13.1. The largest absolute Gasteiger partial charge is 0.527 e. The minimum atomic E-state index is -6.00. The lowest BCUT2D eigenvalue weighted by atomic mass is 10.2. The molecule has 0 aromatic rings. The Kier molecular flexibility index (Phi) is 4.30. The summed E-state index contributed by atoms with van der Waals surface area (Å²) in [4.78, 5) is 11.4. The van der Waals surface area contributed by atoms with Gasteiger partial charge in [0.1, 0.15) is 0 Å². The first-order valence-electron chi connectivity index (χ1n) is 4.87. The molecule has 1 aliphatic rings. The molecule has 0 aliphatic carbocycles. The fourth-order valence-electron chi connectivity index (χ4n) is 1.30. The third-order valence-electron chi connectivity index (χ3n) is 2.18. The molecule has 0 spiro atoms. The van der Waals surface area contributed by atoms with Crippen molar-refractivity contribution in [3.8, 4) is 0 Å². The third kappa shape index (κ3) is 3.69. The Morgan fingerprint density at radius 3 is 1.89 bits per heavy atom. The van der Waals surface area contributed by atoms with Crippen LogP contribution in [0.25, 0.3) is 0 Å². The van der Waals surface area contributed by atoms with Gasteiger partial charge in [-0.1, -0.05) is 0 Å². The molecular formula is C8H8F7NO3. The first-order valence-corrected chi connectivity index (χ1v) is 4.87. The average Bonchev–Trinajstić information content (AvgIpc) is 2.25. The van der Waals surface area contributed by atoms with Crippen molar-refractivity contribution in [2.75, 3.05) is 26.3 Å². The summed E-state index contributed by atoms with van der Waals surface area (Å²) in [5, 5.41) is 0. The van der Waals surface area contributed by atoms with Gasteiger partial charge in [-0.15, -0.1) is 13.2 Å². The SMILES string of the molecule is O=C(N1CCOCC1)C(F)(F)C(F)(F)OC(F)(F)F. The van der Waals surface area contributed by atoms with Crippen LogP contribution in [-0.4, -0.2) is 55.5 Å². The number of alkyl halides is 7. The molecule has 0 aromatic carbocycles. The second-order valence-electron chi connectivity index (χ2n) is 3.54. The van der Waals surface area contributed by atoms with Crippen LogP contribution < -0.4 is 0 Å². The highest BCUT2D eigenvalue weighted by molar-refractivity contribution is 5.84. The number of rotatable bonds is 3. The van der Waals surface area contributed by atoms with E-state index in [2.05, 4.69) is 0 Å². The molecule has 0 unspecified atom stereocenters. The molecule has 0 radical (unpaired) electrons. The van der Waals surface area contributed by atoms with Gasteiger partial charge in [0.15, 0.2) is 0 Å². The van der Waals surface area contributed by atoms with E-state index < -0.39 is 37.4 Å². The number of ether oxygens (including phenoxy) is 2. The number of amides is 1. The van der Waals surface area contributed by atoms with Crippen molar-refractivity contribution >= 4 is 5.91 Å². The zero-order chi connectivity index (χ0) is 14.9. The molecule has 0 N–H and O–H groups in total. The molecule has 0 atom stereocenters. The van der Waals surface area contributed by atoms with Crippen molar-refractivity contribution in [3.05, 3.63) is 0 Å². The molecule has 11 heteroatoms. The Labute approximate surface area is 102 Å². The molecule has 1 aliphatic heterocycles. The summed E-state index contributed by atoms with van der Waals surface area (Å²) in [5.41, 5.74) is 0. The van der Waals surface area contributed by atoms with Gasteiger partial charge in [-0.3, -0.25) is 4.79 Å². The number of morpholine rings is 1. The van der Waals surface area contributed by atoms with E-state index in [9.17, 15) is 35.5 Å². The highest BCUT2D eigenvalue weighted by Gasteiger charge is 2.68. The second-order valence-corrected chi connectivity index (χ2v) is 3.54. The van der Waals surface area contributed by atoms with Gasteiger partial charge in [0, 0.05) is 13.1 Å². The zero-order valence-corrected chi connectivity index (χ0v) is 9.15. The summed E-state index contributed by atoms with van der Waals surface area (Å²) in [6.45, 7) is -1.19. The number of carbonyl (C=O) groups excluding carboxylic acids is 1. The highest BCUT2D eigenvalue weighted by atomic mass is 19.4. The van der Waals surface area contributed by atoms with Gasteiger partial charge in [-0.25, -0.2) is 4.74 Å². The van der Waals surface area contributed by atoms with Crippen LogP contribution in [-0.2, 0) is 14.3 Å². The summed E-state index contributed by atoms with van der Waals surface area (Å²) in [6, 6.07) is 0. The van der Waals surface area contributed by atoms with Crippen LogP contribution in [0.3, 0.4) is 0 Å². The van der Waals surface area contributed by atoms with Crippen LogP contribution in [0.4, 0.5) is 30.7 Å². The number of carbonyl (C=O) groups is 1. The lowest BCUT2D eigenvalue weighted by molar-refractivity contribution is -0.458. The van der Waals surface area contributed by atoms with Crippen LogP contribution in [0.5, 0.6) is 0 Å². The van der Waals surface area contributed by atoms with Gasteiger partial charge in [-0.2, -0.15) is 17.6 Å². The maximum Gasteiger partial charge on any atom is 0.527 e. The molecule has 1 heterocycles. The monoisotopic (exact) mass is 299 g/mol. The maximum absolute atomic E-state index is 13.1. The van der Waals surface area contributed by atoms with Gasteiger partial charge in [0.2, 0.25) is 0 Å². The molecule has 0 aromatic heterocycles. The van der Waals surface area contributed by atoms with Gasteiger partial charge < -0.3 is 9.64 Å². The van der Waals surface area contributed by atoms with E-state index in [1.54, 1.807) is 0 Å². The van der Waals surface area contributed by atoms with Crippen molar-refractivity contribution in [2.45, 2.75) is 18.4 Å². The van der Waals surface area contributed by atoms with Crippen LogP contribution in [0.1, 0.15) is 0 Å². The van der Waals surface area contributed by atoms with Crippen LogP contribution >= 0.6 is 0 Å². The molecule has 19 heavy (non-hydrogen) atoms. The molecule has 0 bridgehead atoms. The van der Waals surface area contributed by atoms with Crippen molar-refractivity contribution in [1.82, 2.24) is 4.90 Å². The minimum Gasteiger partial charge on any atom is -0.378 e. The Hall–Kier alpha value is -1.10. The predicted octanol–water partition coefficient (Wildman–Crippen LogP) is 1.61. The topological polar surface area (TPSA) is 38.8 Å². The van der Waals surface area contributed by atoms with Crippen molar-refractivity contribution in [3.63, 3.8) is 0 Å². The normalized spacial score (nSPS) is 18.6. The quantitative estimate of drug-likeness (QED) is 0.743. The number of hydrogen-bond donors (Lipinski definition) is 0. The van der Waals surface area contributed by atoms with Crippen molar-refractivity contribution in [1.29, 1.82) is 0 Å². The Bertz CT molecular complexity index is 338. The van der Waals surface area contributed by atoms with E-state index >= 15 is 0 Å². The Balaban J connectivity index is 2.85. The predicted molar refractivity (Wildman–Crippen MR) is 44.4 cm³/mol. The molecule has 4 nitrogen and oxygen atoms in total. The first kappa shape index (κ1) is 16.0. The fourth-order valence-corrected chi connectivity index (χ4v) is 1.30. The van der Waals surface area contributed by atoms with Crippen LogP contribution in [0, 0.1) is 0 Å². The standard InChI is InChI=1S/C8H8F7NO3/c9-6(10,7(11,12)19-8(13,14)15)5(17)16-1-3-18-4-2-16/h1-4H2. The average molecular weight is 299 g/mol. The lowest BCUT2D eigenvalue weighted by Crippen LogP contribution is -2.58. The van der Waals surface area contributed by atoms with E-state index in [0.717, 1.165) is 0 Å². The van der Waals surface area contributed by atoms with Crippen molar-refractivity contribution < 1.29 is 45.0 Å². The van der Waals surface area contributed by atoms with Gasteiger partial charge >= 0.3 is 24.3 Å². The second kappa shape index (κ2) is 5.12. The molecular weight excluding hydrogens is 291 g/mol. The highest BCUT2D eigenvalue weighted by Crippen LogP contribution is 2.41. The molecule has 1 fully saturated rings. The van der Waals surface area contributed by atoms with Gasteiger partial charge in [0.05, 0.1) is 13.2 Å². The summed E-state index contributed by atoms with van der Waals surface area (Å²) >= 11 is 0. The first-order chi connectivity index (χ1) is 8.47. The van der Waals surface area contributed by atoms with Crippen LogP contribution in [0.15, 0.2) is 0 Å². The summed E-state index contributed by atoms with van der Waals surface area (Å²) in [6.07, 6.45) is -12.0. The van der Waals surface area contributed by atoms with Crippen LogP contribution in [0.2, 0.25) is 0 Å². The van der Waals surface area contributed by atoms with Gasteiger partial charge in [-0.05, 0) is 0 Å². The fraction of sp³-hybridized carbons (Fsp3) is 0.875. The molecule has 1 rings (SSSR count). The number of halogens is 7. The summed E-state index contributed by atoms with van der Waals surface area (Å²) in [5.74, 6) is -8.06. The zero-order valence-electron chi connectivity index (χ0n) is 9.15. The Morgan fingerprint density at radius 2 is 1.47 bits per heavy atom. The third-order valence-corrected chi connectivity index (χ3v) is 2.18. The number of hydrogen-bond acceptors (Lipinski definition) is 3. The van der Waals surface area contributed by atoms with E-state index in [1.807, 2.05) is 4.74 Å². The summed E-state index contributed by atoms with van der Waals surface area (Å²) < 4.78 is 93.2. The molecule has 1 saturated heterocycles. The van der Waals surface area contributed by atoms with E-state index in [4.69, 9.17) is 4.74 Å². The summed E-state index contributed by atoms with van der Waals surface area (Å²) in [7, 11) is 0. The lowest BCUT2D eigenvalue weighted by Gasteiger charge is -2.32. The molecule has 0 saturated carbocycles. The van der Waals surface area contributed by atoms with E-state index in [-0.39, 0.29) is 18.1 Å².